The monoisotopic (exact) mass is 193 g/mol. The average Bonchev–Trinajstić information content (AvgIpc) is 1.90. The van der Waals surface area contributed by atoms with Crippen molar-refractivity contribution in [1.29, 1.82) is 0 Å². The molecule has 1 heterocycles. The van der Waals surface area contributed by atoms with Gasteiger partial charge in [-0.2, -0.15) is 0 Å². The van der Waals surface area contributed by atoms with E-state index >= 15 is 0 Å². The molecule has 0 N–H and O–H groups in total. The average molecular weight is 192 g/mol. The molecule has 1 amide bonds. The first-order valence-electron chi connectivity index (χ1n) is 3.14. The third kappa shape index (κ3) is 1.99. The van der Waals surface area contributed by atoms with E-state index in [1.54, 1.807) is 6.92 Å². The van der Waals surface area contributed by atoms with Crippen molar-refractivity contribution in [3.63, 3.8) is 0 Å². The number of hydrogen-bond acceptors (Lipinski definition) is 1. The van der Waals surface area contributed by atoms with Crippen LogP contribution in [0.4, 0.5) is 0 Å². The van der Waals surface area contributed by atoms with Gasteiger partial charge in [-0.1, -0.05) is 0 Å². The molecule has 2 nitrogen and oxygen atoms in total. The van der Waals surface area contributed by atoms with Gasteiger partial charge in [-0.05, 0) is 0 Å². The first-order valence-corrected chi connectivity index (χ1v) is 5.56. The zero-order valence-corrected chi connectivity index (χ0v) is 7.31. The Morgan fingerprint density at radius 3 is 2.33 bits per heavy atom. The van der Waals surface area contributed by atoms with E-state index in [-0.39, 0.29) is 5.91 Å². The molecule has 3 heteroatoms. The molecular weight excluding hydrogens is 181 g/mol. The van der Waals surface area contributed by atoms with Gasteiger partial charge in [-0.25, -0.2) is 0 Å². The van der Waals surface area contributed by atoms with Crippen molar-refractivity contribution in [2.45, 2.75) is 17.6 Å². The number of rotatable bonds is 0. The molecular formula is C6H11NOSe. The normalized spacial score (nSPS) is 19.9. The van der Waals surface area contributed by atoms with Gasteiger partial charge in [0.1, 0.15) is 0 Å². The number of nitrogens with zero attached hydrogens (tertiary/aromatic N) is 1. The van der Waals surface area contributed by atoms with Gasteiger partial charge in [0.2, 0.25) is 0 Å². The van der Waals surface area contributed by atoms with Gasteiger partial charge >= 0.3 is 61.2 Å². The van der Waals surface area contributed by atoms with Crippen LogP contribution in [0.15, 0.2) is 0 Å². The van der Waals surface area contributed by atoms with Crippen LogP contribution in [0, 0.1) is 0 Å². The van der Waals surface area contributed by atoms with Gasteiger partial charge in [-0.15, -0.1) is 0 Å². The topological polar surface area (TPSA) is 20.3 Å². The molecule has 0 atom stereocenters. The number of amides is 1. The molecule has 1 fully saturated rings. The van der Waals surface area contributed by atoms with Crippen LogP contribution in [0.2, 0.25) is 10.6 Å². The fraction of sp³-hybridized carbons (Fsp3) is 0.833. The summed E-state index contributed by atoms with van der Waals surface area (Å²) in [4.78, 5) is 12.7. The molecule has 0 aromatic carbocycles. The predicted octanol–water partition coefficient (Wildman–Crippen LogP) is 0.389. The van der Waals surface area contributed by atoms with Gasteiger partial charge in [0.25, 0.3) is 0 Å². The van der Waals surface area contributed by atoms with Crippen molar-refractivity contribution in [2.24, 2.45) is 0 Å². The zero-order chi connectivity index (χ0) is 6.69. The SMILES string of the molecule is CC(=O)N1CC[Se]CC1. The summed E-state index contributed by atoms with van der Waals surface area (Å²) in [7, 11) is 0. The van der Waals surface area contributed by atoms with Crippen LogP contribution in [0.5, 0.6) is 0 Å². The van der Waals surface area contributed by atoms with E-state index in [1.165, 1.54) is 10.6 Å². The molecule has 0 bridgehead atoms. The maximum atomic E-state index is 10.7. The van der Waals surface area contributed by atoms with Gasteiger partial charge in [0.05, 0.1) is 0 Å². The number of carbonyl (C=O) groups excluding carboxylic acids is 1. The minimum absolute atomic E-state index is 0.241. The Morgan fingerprint density at radius 2 is 2.00 bits per heavy atom. The Labute approximate surface area is 61.8 Å². The molecule has 0 saturated carbocycles. The standard InChI is InChI=1S/C6H11NOSe/c1-6(8)7-2-4-9-5-3-7/h2-5H2,1H3. The predicted molar refractivity (Wildman–Crippen MR) is 37.6 cm³/mol. The molecule has 1 aliphatic rings. The first kappa shape index (κ1) is 7.10. The van der Waals surface area contributed by atoms with E-state index in [0.29, 0.717) is 0 Å². The molecule has 0 spiro atoms. The Kier molecular flexibility index (Phi) is 2.55. The Bertz CT molecular complexity index is 110. The van der Waals surface area contributed by atoms with Crippen molar-refractivity contribution < 1.29 is 4.79 Å². The summed E-state index contributed by atoms with van der Waals surface area (Å²) in [6.45, 7) is 3.67. The Morgan fingerprint density at radius 1 is 1.44 bits per heavy atom. The molecule has 52 valence electrons. The Balaban J connectivity index is 2.31. The van der Waals surface area contributed by atoms with E-state index < -0.39 is 0 Å². The second-order valence-corrected chi connectivity index (χ2v) is 4.69. The van der Waals surface area contributed by atoms with Crippen LogP contribution in [-0.4, -0.2) is 38.9 Å². The van der Waals surface area contributed by atoms with Gasteiger partial charge in [-0.3, -0.25) is 0 Å². The second kappa shape index (κ2) is 3.23. The molecule has 1 rings (SSSR count). The van der Waals surface area contributed by atoms with Crippen molar-refractivity contribution in [1.82, 2.24) is 4.90 Å². The summed E-state index contributed by atoms with van der Waals surface area (Å²) < 4.78 is 0. The number of hydrogen-bond donors (Lipinski definition) is 0. The molecule has 0 aliphatic carbocycles. The van der Waals surface area contributed by atoms with Gasteiger partial charge in [0.15, 0.2) is 0 Å². The van der Waals surface area contributed by atoms with Crippen LogP contribution >= 0.6 is 0 Å². The summed E-state index contributed by atoms with van der Waals surface area (Å²) in [5.41, 5.74) is 0. The van der Waals surface area contributed by atoms with Crippen molar-refractivity contribution in [3.05, 3.63) is 0 Å². The van der Waals surface area contributed by atoms with E-state index in [9.17, 15) is 4.79 Å². The molecule has 9 heavy (non-hydrogen) atoms. The van der Waals surface area contributed by atoms with E-state index in [0.717, 1.165) is 28.0 Å². The fourth-order valence-corrected chi connectivity index (χ4v) is 2.77. The fourth-order valence-electron chi connectivity index (χ4n) is 0.878. The third-order valence-electron chi connectivity index (χ3n) is 1.46. The van der Waals surface area contributed by atoms with Crippen molar-refractivity contribution in [3.8, 4) is 0 Å². The minimum atomic E-state index is 0.241. The Hall–Kier alpha value is -0.0105. The quantitative estimate of drug-likeness (QED) is 0.508. The summed E-state index contributed by atoms with van der Waals surface area (Å²) in [5.74, 6) is 0.241. The van der Waals surface area contributed by atoms with Crippen LogP contribution in [0.25, 0.3) is 0 Å². The second-order valence-electron chi connectivity index (χ2n) is 2.12. The molecule has 0 radical (unpaired) electrons. The van der Waals surface area contributed by atoms with Crippen LogP contribution < -0.4 is 0 Å². The van der Waals surface area contributed by atoms with Gasteiger partial charge < -0.3 is 0 Å². The third-order valence-corrected chi connectivity index (χ3v) is 3.43. The zero-order valence-electron chi connectivity index (χ0n) is 5.59. The summed E-state index contributed by atoms with van der Waals surface area (Å²) in [5, 5.41) is 2.51. The number of carbonyl (C=O) groups is 1. The summed E-state index contributed by atoms with van der Waals surface area (Å²) >= 11 is 0.825. The van der Waals surface area contributed by atoms with Crippen LogP contribution in [-0.2, 0) is 4.79 Å². The molecule has 0 aromatic rings. The van der Waals surface area contributed by atoms with Crippen molar-refractivity contribution >= 4 is 20.9 Å². The molecule has 0 aromatic heterocycles. The van der Waals surface area contributed by atoms with E-state index in [2.05, 4.69) is 0 Å². The van der Waals surface area contributed by atoms with Gasteiger partial charge in [0, 0.05) is 0 Å². The molecule has 0 unspecified atom stereocenters. The van der Waals surface area contributed by atoms with Crippen molar-refractivity contribution in [2.75, 3.05) is 13.1 Å². The molecule has 1 saturated heterocycles. The first-order chi connectivity index (χ1) is 4.30. The van der Waals surface area contributed by atoms with E-state index in [1.807, 2.05) is 4.90 Å². The van der Waals surface area contributed by atoms with Crippen LogP contribution in [0.1, 0.15) is 6.92 Å². The van der Waals surface area contributed by atoms with E-state index in [4.69, 9.17) is 0 Å². The summed E-state index contributed by atoms with van der Waals surface area (Å²) in [6, 6.07) is 0. The maximum absolute atomic E-state index is 10.7. The summed E-state index contributed by atoms with van der Waals surface area (Å²) in [6.07, 6.45) is 0. The molecule has 1 aliphatic heterocycles. The van der Waals surface area contributed by atoms with Crippen LogP contribution in [0.3, 0.4) is 0 Å².